The van der Waals surface area contributed by atoms with E-state index < -0.39 is 6.04 Å². The summed E-state index contributed by atoms with van der Waals surface area (Å²) in [5, 5.41) is 13.6. The fraction of sp³-hybridized carbons (Fsp3) is 0.385. The molecule has 0 bridgehead atoms. The minimum atomic E-state index is -0.411. The normalized spacial score (nSPS) is 16.8. The van der Waals surface area contributed by atoms with E-state index in [9.17, 15) is 4.79 Å². The Morgan fingerprint density at radius 1 is 1.05 bits per heavy atom. The number of pyridine rings is 1. The van der Waals surface area contributed by atoms with E-state index in [2.05, 4.69) is 37.2 Å². The maximum absolute atomic E-state index is 13.5. The molecule has 0 unspecified atom stereocenters. The van der Waals surface area contributed by atoms with Gasteiger partial charge in [-0.3, -0.25) is 9.69 Å². The van der Waals surface area contributed by atoms with Crippen molar-refractivity contribution in [3.63, 3.8) is 0 Å². The van der Waals surface area contributed by atoms with Crippen LogP contribution in [0.25, 0.3) is 10.9 Å². The summed E-state index contributed by atoms with van der Waals surface area (Å²) in [5.41, 5.74) is 2.16. The molecule has 1 N–H and O–H groups in total. The van der Waals surface area contributed by atoms with Crippen molar-refractivity contribution >= 4 is 10.9 Å². The zero-order chi connectivity index (χ0) is 25.4. The molecule has 0 radical (unpaired) electrons. The lowest BCUT2D eigenvalue weighted by Gasteiger charge is -2.38. The van der Waals surface area contributed by atoms with Crippen molar-refractivity contribution in [2.24, 2.45) is 0 Å². The summed E-state index contributed by atoms with van der Waals surface area (Å²) >= 11 is 0. The number of benzene rings is 2. The van der Waals surface area contributed by atoms with Crippen molar-refractivity contribution in [2.45, 2.75) is 19.5 Å². The van der Waals surface area contributed by atoms with Gasteiger partial charge in [0.2, 0.25) is 6.79 Å². The summed E-state index contributed by atoms with van der Waals surface area (Å²) in [6.45, 7) is 7.24. The number of hydrogen-bond acceptors (Lipinski definition) is 9. The van der Waals surface area contributed by atoms with Gasteiger partial charge in [0, 0.05) is 43.2 Å². The molecule has 11 nitrogen and oxygen atoms in total. The molecule has 4 aromatic rings. The molecule has 11 heteroatoms. The number of likely N-dealkylation sites (N-methyl/N-ethyl adjacent to an activating group) is 1. The van der Waals surface area contributed by atoms with E-state index in [0.29, 0.717) is 34.9 Å². The van der Waals surface area contributed by atoms with Gasteiger partial charge < -0.3 is 24.1 Å². The van der Waals surface area contributed by atoms with Crippen molar-refractivity contribution in [3.05, 3.63) is 69.8 Å². The maximum Gasteiger partial charge on any atom is 0.253 e. The first-order chi connectivity index (χ1) is 18.1. The third kappa shape index (κ3) is 4.51. The average molecular weight is 504 g/mol. The number of nitrogens with zero attached hydrogens (tertiary/aromatic N) is 6. The van der Waals surface area contributed by atoms with Crippen molar-refractivity contribution in [2.75, 3.05) is 46.6 Å². The summed E-state index contributed by atoms with van der Waals surface area (Å²) in [7, 11) is 1.64. The monoisotopic (exact) mass is 503 g/mol. The van der Waals surface area contributed by atoms with E-state index in [0.717, 1.165) is 49.4 Å². The molecular formula is C26H29N7O4. The molecule has 0 aliphatic carbocycles. The molecule has 1 atom stereocenters. The Bertz CT molecular complexity index is 1460. The van der Waals surface area contributed by atoms with Crippen LogP contribution in [-0.2, 0) is 6.54 Å². The Morgan fingerprint density at radius 3 is 2.54 bits per heavy atom. The van der Waals surface area contributed by atoms with Gasteiger partial charge in [0.05, 0.1) is 19.2 Å². The Balaban J connectivity index is 1.42. The van der Waals surface area contributed by atoms with Gasteiger partial charge in [-0.05, 0) is 46.8 Å². The smallest absolute Gasteiger partial charge is 0.253 e. The van der Waals surface area contributed by atoms with Crippen LogP contribution in [0, 0.1) is 0 Å². The average Bonchev–Trinajstić information content (AvgIpc) is 3.58. The minimum Gasteiger partial charge on any atom is -0.497 e. The van der Waals surface area contributed by atoms with Crippen LogP contribution in [0.3, 0.4) is 0 Å². The maximum atomic E-state index is 13.5. The zero-order valence-electron chi connectivity index (χ0n) is 20.9. The molecule has 1 fully saturated rings. The molecule has 2 aliphatic heterocycles. The van der Waals surface area contributed by atoms with E-state index in [1.165, 1.54) is 0 Å². The molecule has 2 aromatic carbocycles. The lowest BCUT2D eigenvalue weighted by atomic mass is 10.0. The molecule has 0 spiro atoms. The van der Waals surface area contributed by atoms with Crippen molar-refractivity contribution < 1.29 is 14.2 Å². The number of nitrogens with one attached hydrogen (secondary N) is 1. The largest absolute Gasteiger partial charge is 0.497 e. The number of methoxy groups -OCH3 is 1. The molecule has 0 amide bonds. The molecule has 192 valence electrons. The van der Waals surface area contributed by atoms with Gasteiger partial charge >= 0.3 is 0 Å². The molecule has 4 heterocycles. The lowest BCUT2D eigenvalue weighted by Crippen LogP contribution is -2.49. The predicted octanol–water partition coefficient (Wildman–Crippen LogP) is 2.03. The highest BCUT2D eigenvalue weighted by molar-refractivity contribution is 5.83. The van der Waals surface area contributed by atoms with E-state index in [1.54, 1.807) is 11.8 Å². The van der Waals surface area contributed by atoms with Gasteiger partial charge in [-0.1, -0.05) is 19.1 Å². The molecule has 37 heavy (non-hydrogen) atoms. The van der Waals surface area contributed by atoms with Crippen LogP contribution in [-0.4, -0.2) is 81.6 Å². The quantitative estimate of drug-likeness (QED) is 0.405. The fourth-order valence-electron chi connectivity index (χ4n) is 5.08. The molecule has 1 saturated heterocycles. The molecule has 2 aromatic heterocycles. The number of H-pyrrole nitrogens is 1. The molecule has 2 aliphatic rings. The minimum absolute atomic E-state index is 0.173. The van der Waals surface area contributed by atoms with Crippen LogP contribution in [0.5, 0.6) is 17.2 Å². The number of hydrogen-bond donors (Lipinski definition) is 1. The number of piperazine rings is 1. The van der Waals surface area contributed by atoms with Gasteiger partial charge in [-0.2, -0.15) is 0 Å². The SMILES string of the molecule is CCN1CCN([C@H](c2cc3cc4c(cc3[nH]c2=O)OCO4)c2nnnn2Cc2ccc(OC)cc2)CC1. The second-order valence-electron chi connectivity index (χ2n) is 9.26. The lowest BCUT2D eigenvalue weighted by molar-refractivity contribution is 0.108. The van der Waals surface area contributed by atoms with Gasteiger partial charge in [-0.25, -0.2) is 4.68 Å². The van der Waals surface area contributed by atoms with Crippen LogP contribution in [0.1, 0.15) is 29.9 Å². The second kappa shape index (κ2) is 9.83. The number of ether oxygens (including phenoxy) is 3. The van der Waals surface area contributed by atoms with Crippen LogP contribution in [0.4, 0.5) is 0 Å². The van der Waals surface area contributed by atoms with Crippen LogP contribution >= 0.6 is 0 Å². The molecule has 0 saturated carbocycles. The number of rotatable bonds is 7. The van der Waals surface area contributed by atoms with Crippen LogP contribution in [0.2, 0.25) is 0 Å². The van der Waals surface area contributed by atoms with Gasteiger partial charge in [0.15, 0.2) is 17.3 Å². The summed E-state index contributed by atoms with van der Waals surface area (Å²) in [6, 6.07) is 13.0. The topological polar surface area (TPSA) is 111 Å². The highest BCUT2D eigenvalue weighted by Crippen LogP contribution is 2.36. The zero-order valence-corrected chi connectivity index (χ0v) is 20.9. The number of aromatic amines is 1. The van der Waals surface area contributed by atoms with E-state index in [-0.39, 0.29) is 12.4 Å². The van der Waals surface area contributed by atoms with Crippen LogP contribution in [0.15, 0.2) is 47.3 Å². The predicted molar refractivity (Wildman–Crippen MR) is 136 cm³/mol. The highest BCUT2D eigenvalue weighted by Gasteiger charge is 2.32. The Morgan fingerprint density at radius 2 is 1.81 bits per heavy atom. The first-order valence-electron chi connectivity index (χ1n) is 12.4. The van der Waals surface area contributed by atoms with Crippen molar-refractivity contribution in [1.29, 1.82) is 0 Å². The summed E-state index contributed by atoms with van der Waals surface area (Å²) < 4.78 is 18.1. The van der Waals surface area contributed by atoms with Crippen LogP contribution < -0.4 is 19.8 Å². The Hall–Kier alpha value is -3.96. The first kappa shape index (κ1) is 23.4. The van der Waals surface area contributed by atoms with Crippen molar-refractivity contribution in [3.8, 4) is 17.2 Å². The Kier molecular flexibility index (Phi) is 6.23. The third-order valence-corrected chi connectivity index (χ3v) is 7.18. The number of fused-ring (bicyclic) bond motifs is 2. The third-order valence-electron chi connectivity index (χ3n) is 7.18. The standard InChI is InChI=1S/C26H29N7O4/c1-3-31-8-10-32(11-9-31)24(25-28-29-30-33(25)15-17-4-6-19(35-2)7-5-17)20-12-18-13-22-23(37-16-36-22)14-21(18)27-26(20)34/h4-7,12-14,24H,3,8-11,15-16H2,1-2H3,(H,27,34)/t24-/m1/s1. The van der Waals surface area contributed by atoms with E-state index in [1.807, 2.05) is 42.5 Å². The van der Waals surface area contributed by atoms with Gasteiger partial charge in [0.25, 0.3) is 5.56 Å². The highest BCUT2D eigenvalue weighted by atomic mass is 16.7. The summed E-state index contributed by atoms with van der Waals surface area (Å²) in [6.07, 6.45) is 0. The van der Waals surface area contributed by atoms with Crippen molar-refractivity contribution in [1.82, 2.24) is 35.0 Å². The summed E-state index contributed by atoms with van der Waals surface area (Å²) in [5.74, 6) is 2.72. The van der Waals surface area contributed by atoms with Gasteiger partial charge in [-0.15, -0.1) is 5.10 Å². The fourth-order valence-corrected chi connectivity index (χ4v) is 5.08. The van der Waals surface area contributed by atoms with E-state index in [4.69, 9.17) is 14.2 Å². The van der Waals surface area contributed by atoms with Gasteiger partial charge in [0.1, 0.15) is 11.8 Å². The second-order valence-corrected chi connectivity index (χ2v) is 9.26. The molecule has 6 rings (SSSR count). The number of tetrazole rings is 1. The summed E-state index contributed by atoms with van der Waals surface area (Å²) in [4.78, 5) is 21.3. The van der Waals surface area contributed by atoms with E-state index >= 15 is 0 Å². The number of aromatic nitrogens is 5. The first-order valence-corrected chi connectivity index (χ1v) is 12.4. The molecular weight excluding hydrogens is 474 g/mol. The Labute approximate surface area is 213 Å².